The number of nitrogens with zero attached hydrogens (tertiary/aromatic N) is 1. The van der Waals surface area contributed by atoms with E-state index in [1.54, 1.807) is 0 Å². The van der Waals surface area contributed by atoms with Gasteiger partial charge in [0, 0.05) is 6.04 Å². The van der Waals surface area contributed by atoms with E-state index in [9.17, 15) is 9.90 Å². The van der Waals surface area contributed by atoms with Crippen molar-refractivity contribution >= 4 is 5.97 Å². The van der Waals surface area contributed by atoms with Gasteiger partial charge in [-0.3, -0.25) is 4.79 Å². The summed E-state index contributed by atoms with van der Waals surface area (Å²) < 4.78 is 0. The molecule has 0 bridgehead atoms. The molecule has 0 amide bonds. The molecule has 1 heterocycles. The first-order chi connectivity index (χ1) is 9.98. The summed E-state index contributed by atoms with van der Waals surface area (Å²) in [5.41, 5.74) is -0.430. The van der Waals surface area contributed by atoms with Crippen molar-refractivity contribution in [2.24, 2.45) is 17.3 Å². The molecular weight excluding hydrogens is 262 g/mol. The summed E-state index contributed by atoms with van der Waals surface area (Å²) in [4.78, 5) is 14.2. The third-order valence-corrected chi connectivity index (χ3v) is 6.14. The monoisotopic (exact) mass is 295 g/mol. The van der Waals surface area contributed by atoms with Crippen LogP contribution in [0.15, 0.2) is 0 Å². The standard InChI is InChI=1S/C18H33NO2/c1-4-9-18(17(20)21)10-12-19(13-11-18)16-7-5-15(6-8-16)14(2)3/h14-16H,4-13H2,1-3H3,(H,20,21). The van der Waals surface area contributed by atoms with E-state index in [-0.39, 0.29) is 0 Å². The first kappa shape index (κ1) is 16.8. The van der Waals surface area contributed by atoms with E-state index in [0.29, 0.717) is 6.04 Å². The first-order valence-electron chi connectivity index (χ1n) is 8.96. The van der Waals surface area contributed by atoms with Gasteiger partial charge in [-0.1, -0.05) is 27.2 Å². The highest BCUT2D eigenvalue weighted by Gasteiger charge is 2.42. The number of carboxylic acid groups (broad SMARTS) is 1. The molecule has 0 radical (unpaired) electrons. The van der Waals surface area contributed by atoms with Gasteiger partial charge in [-0.05, 0) is 69.9 Å². The van der Waals surface area contributed by atoms with Gasteiger partial charge in [-0.15, -0.1) is 0 Å². The summed E-state index contributed by atoms with van der Waals surface area (Å²) in [5, 5.41) is 9.59. The molecule has 1 saturated carbocycles. The Bertz CT molecular complexity index is 337. The maximum absolute atomic E-state index is 11.6. The van der Waals surface area contributed by atoms with Crippen LogP contribution in [0, 0.1) is 17.3 Å². The number of rotatable bonds is 5. The summed E-state index contributed by atoms with van der Waals surface area (Å²) in [6.45, 7) is 8.77. The van der Waals surface area contributed by atoms with E-state index in [1.165, 1.54) is 25.7 Å². The fourth-order valence-electron chi connectivity index (χ4n) is 4.50. The van der Waals surface area contributed by atoms with Crippen molar-refractivity contribution in [1.29, 1.82) is 0 Å². The fraction of sp³-hybridized carbons (Fsp3) is 0.944. The fourth-order valence-corrected chi connectivity index (χ4v) is 4.50. The Balaban J connectivity index is 1.85. The lowest BCUT2D eigenvalue weighted by molar-refractivity contribution is -0.153. The minimum absolute atomic E-state index is 0.430. The van der Waals surface area contributed by atoms with Gasteiger partial charge in [0.1, 0.15) is 0 Å². The quantitative estimate of drug-likeness (QED) is 0.827. The molecule has 3 nitrogen and oxygen atoms in total. The summed E-state index contributed by atoms with van der Waals surface area (Å²) in [6.07, 6.45) is 8.87. The predicted octanol–water partition coefficient (Wildman–Crippen LogP) is 4.17. The molecule has 3 heteroatoms. The van der Waals surface area contributed by atoms with Gasteiger partial charge in [0.25, 0.3) is 0 Å². The van der Waals surface area contributed by atoms with E-state index in [4.69, 9.17) is 0 Å². The first-order valence-corrected chi connectivity index (χ1v) is 8.96. The molecule has 0 atom stereocenters. The van der Waals surface area contributed by atoms with Crippen molar-refractivity contribution < 1.29 is 9.90 Å². The second-order valence-corrected chi connectivity index (χ2v) is 7.68. The zero-order chi connectivity index (χ0) is 15.5. The van der Waals surface area contributed by atoms with Crippen molar-refractivity contribution in [2.45, 2.75) is 78.2 Å². The molecule has 0 aromatic heterocycles. The summed E-state index contributed by atoms with van der Waals surface area (Å²) in [7, 11) is 0. The van der Waals surface area contributed by atoms with Gasteiger partial charge >= 0.3 is 5.97 Å². The van der Waals surface area contributed by atoms with Crippen molar-refractivity contribution in [3.8, 4) is 0 Å². The molecule has 0 spiro atoms. The Kier molecular flexibility index (Phi) is 5.70. The van der Waals surface area contributed by atoms with Crippen LogP contribution in [-0.4, -0.2) is 35.1 Å². The Labute approximate surface area is 130 Å². The van der Waals surface area contributed by atoms with Crippen LogP contribution in [0.3, 0.4) is 0 Å². The lowest BCUT2D eigenvalue weighted by Crippen LogP contribution is -2.49. The van der Waals surface area contributed by atoms with Crippen LogP contribution in [0.4, 0.5) is 0 Å². The Morgan fingerprint density at radius 1 is 1.19 bits per heavy atom. The smallest absolute Gasteiger partial charge is 0.309 e. The van der Waals surface area contributed by atoms with E-state index < -0.39 is 11.4 Å². The number of hydrogen-bond donors (Lipinski definition) is 1. The second-order valence-electron chi connectivity index (χ2n) is 7.68. The second kappa shape index (κ2) is 7.13. The van der Waals surface area contributed by atoms with Crippen molar-refractivity contribution in [3.63, 3.8) is 0 Å². The average molecular weight is 295 g/mol. The summed E-state index contributed by atoms with van der Waals surface area (Å²) in [6, 6.07) is 0.716. The van der Waals surface area contributed by atoms with Crippen molar-refractivity contribution in [1.82, 2.24) is 4.90 Å². The number of aliphatic carboxylic acids is 1. The molecule has 2 rings (SSSR count). The number of hydrogen-bond acceptors (Lipinski definition) is 2. The van der Waals surface area contributed by atoms with Gasteiger partial charge in [0.05, 0.1) is 5.41 Å². The zero-order valence-corrected chi connectivity index (χ0v) is 14.1. The number of carboxylic acids is 1. The Morgan fingerprint density at radius 2 is 1.76 bits per heavy atom. The molecule has 2 aliphatic rings. The average Bonchev–Trinajstić information content (AvgIpc) is 2.48. The largest absolute Gasteiger partial charge is 0.481 e. The summed E-state index contributed by atoms with van der Waals surface area (Å²) >= 11 is 0. The summed E-state index contributed by atoms with van der Waals surface area (Å²) in [5.74, 6) is 1.16. The predicted molar refractivity (Wildman–Crippen MR) is 86.4 cm³/mol. The van der Waals surface area contributed by atoms with Gasteiger partial charge < -0.3 is 10.0 Å². The minimum Gasteiger partial charge on any atom is -0.481 e. The van der Waals surface area contributed by atoms with Gasteiger partial charge in [-0.25, -0.2) is 0 Å². The van der Waals surface area contributed by atoms with E-state index >= 15 is 0 Å². The molecule has 2 fully saturated rings. The Morgan fingerprint density at radius 3 is 2.19 bits per heavy atom. The van der Waals surface area contributed by atoms with Crippen molar-refractivity contribution in [3.05, 3.63) is 0 Å². The lowest BCUT2D eigenvalue weighted by atomic mass is 9.73. The van der Waals surface area contributed by atoms with Crippen LogP contribution in [-0.2, 0) is 4.79 Å². The number of piperidine rings is 1. The van der Waals surface area contributed by atoms with Crippen LogP contribution >= 0.6 is 0 Å². The van der Waals surface area contributed by atoms with Crippen LogP contribution in [0.25, 0.3) is 0 Å². The topological polar surface area (TPSA) is 40.5 Å². The van der Waals surface area contributed by atoms with Crippen LogP contribution in [0.5, 0.6) is 0 Å². The molecule has 21 heavy (non-hydrogen) atoms. The highest BCUT2D eigenvalue weighted by molar-refractivity contribution is 5.74. The molecule has 1 N–H and O–H groups in total. The van der Waals surface area contributed by atoms with E-state index in [2.05, 4.69) is 25.7 Å². The highest BCUT2D eigenvalue weighted by Crippen LogP contribution is 2.39. The molecule has 1 aliphatic carbocycles. The Hall–Kier alpha value is -0.570. The zero-order valence-electron chi connectivity index (χ0n) is 14.1. The normalized spacial score (nSPS) is 30.5. The SMILES string of the molecule is CCCC1(C(=O)O)CCN(C2CCC(C(C)C)CC2)CC1. The minimum atomic E-state index is -0.562. The van der Waals surface area contributed by atoms with Crippen LogP contribution < -0.4 is 0 Å². The van der Waals surface area contributed by atoms with Crippen LogP contribution in [0.1, 0.15) is 72.1 Å². The third kappa shape index (κ3) is 3.80. The molecule has 1 aliphatic heterocycles. The molecule has 0 aromatic rings. The van der Waals surface area contributed by atoms with E-state index in [0.717, 1.165) is 50.6 Å². The maximum atomic E-state index is 11.6. The van der Waals surface area contributed by atoms with Gasteiger partial charge in [-0.2, -0.15) is 0 Å². The highest BCUT2D eigenvalue weighted by atomic mass is 16.4. The van der Waals surface area contributed by atoms with Gasteiger partial charge in [0.2, 0.25) is 0 Å². The lowest BCUT2D eigenvalue weighted by Gasteiger charge is -2.44. The maximum Gasteiger partial charge on any atom is 0.309 e. The molecule has 1 saturated heterocycles. The molecule has 122 valence electrons. The van der Waals surface area contributed by atoms with Crippen molar-refractivity contribution in [2.75, 3.05) is 13.1 Å². The number of carbonyl (C=O) groups is 1. The number of likely N-dealkylation sites (tertiary alicyclic amines) is 1. The molecule has 0 unspecified atom stereocenters. The molecular formula is C18H33NO2. The third-order valence-electron chi connectivity index (χ3n) is 6.14. The van der Waals surface area contributed by atoms with Gasteiger partial charge in [0.15, 0.2) is 0 Å². The van der Waals surface area contributed by atoms with Crippen LogP contribution in [0.2, 0.25) is 0 Å². The van der Waals surface area contributed by atoms with E-state index in [1.807, 2.05) is 0 Å². The molecule has 0 aromatic carbocycles.